The Morgan fingerprint density at radius 3 is 2.72 bits per heavy atom. The molecule has 0 saturated carbocycles. The Morgan fingerprint density at radius 1 is 1.14 bits per heavy atom. The number of nitrogens with zero attached hydrogens (tertiary/aromatic N) is 3. The predicted octanol–water partition coefficient (Wildman–Crippen LogP) is 6.40. The van der Waals surface area contributed by atoms with Gasteiger partial charge in [-0.15, -0.1) is 0 Å². The highest BCUT2D eigenvalue weighted by atomic mass is 35.5. The van der Waals surface area contributed by atoms with Crippen molar-refractivity contribution in [3.63, 3.8) is 0 Å². The van der Waals surface area contributed by atoms with Crippen LogP contribution in [0, 0.1) is 12.7 Å². The Balaban J connectivity index is 1.31. The normalized spacial score (nSPS) is 11.2. The maximum Gasteiger partial charge on any atom is 0.251 e. The number of nitrogens with one attached hydrogen (secondary N) is 1. The fraction of sp³-hybridized carbons (Fsp3) is 0.148. The number of carbonyl (C=O) groups excluding carboxylic acids is 1. The number of carbonyl (C=O) groups is 1. The Hall–Kier alpha value is -3.62. The largest absolute Gasteiger partial charge is 0.465 e. The van der Waals surface area contributed by atoms with E-state index in [0.717, 1.165) is 33.1 Å². The van der Waals surface area contributed by atoms with Crippen LogP contribution >= 0.6 is 23.4 Å². The molecular formula is C27H22ClFN4O2S. The van der Waals surface area contributed by atoms with E-state index in [1.54, 1.807) is 30.6 Å². The van der Waals surface area contributed by atoms with E-state index in [0.29, 0.717) is 35.2 Å². The number of aryl methyl sites for hydroxylation is 1. The molecular weight excluding hydrogens is 499 g/mol. The van der Waals surface area contributed by atoms with Gasteiger partial charge in [-0.05, 0) is 60.5 Å². The number of hydrogen-bond acceptors (Lipinski definition) is 5. The van der Waals surface area contributed by atoms with E-state index in [2.05, 4.69) is 14.9 Å². The van der Waals surface area contributed by atoms with Gasteiger partial charge in [0.1, 0.15) is 17.3 Å². The lowest BCUT2D eigenvalue weighted by Gasteiger charge is -2.10. The smallest absolute Gasteiger partial charge is 0.251 e. The molecule has 0 aliphatic heterocycles. The van der Waals surface area contributed by atoms with Crippen molar-refractivity contribution in [1.29, 1.82) is 0 Å². The van der Waals surface area contributed by atoms with Crippen LogP contribution in [-0.2, 0) is 18.8 Å². The summed E-state index contributed by atoms with van der Waals surface area (Å²) in [7, 11) is 0. The van der Waals surface area contributed by atoms with Crippen LogP contribution in [0.4, 0.5) is 4.39 Å². The number of hydrogen-bond donors (Lipinski definition) is 1. The summed E-state index contributed by atoms with van der Waals surface area (Å²) in [5.74, 6) is 1.54. The summed E-state index contributed by atoms with van der Waals surface area (Å²) in [6.07, 6.45) is 3.50. The molecule has 3 heterocycles. The average molecular weight is 521 g/mol. The van der Waals surface area contributed by atoms with Crippen molar-refractivity contribution in [2.45, 2.75) is 30.9 Å². The van der Waals surface area contributed by atoms with E-state index in [1.165, 1.54) is 23.9 Å². The van der Waals surface area contributed by atoms with Crippen molar-refractivity contribution in [2.24, 2.45) is 0 Å². The van der Waals surface area contributed by atoms with Crippen LogP contribution in [0.15, 0.2) is 82.6 Å². The van der Waals surface area contributed by atoms with Gasteiger partial charge in [-0.3, -0.25) is 9.78 Å². The summed E-state index contributed by atoms with van der Waals surface area (Å²) in [5.41, 5.74) is 4.15. The van der Waals surface area contributed by atoms with Crippen LogP contribution in [0.3, 0.4) is 0 Å². The summed E-state index contributed by atoms with van der Waals surface area (Å²) >= 11 is 7.74. The van der Waals surface area contributed by atoms with Crippen molar-refractivity contribution in [1.82, 2.24) is 19.9 Å². The number of amides is 1. The van der Waals surface area contributed by atoms with Gasteiger partial charge in [0.15, 0.2) is 5.16 Å². The van der Waals surface area contributed by atoms with Crippen LogP contribution in [0.5, 0.6) is 0 Å². The number of aromatic nitrogens is 3. The van der Waals surface area contributed by atoms with E-state index < -0.39 is 0 Å². The summed E-state index contributed by atoms with van der Waals surface area (Å²) in [6.45, 7) is 2.75. The van der Waals surface area contributed by atoms with E-state index in [1.807, 2.05) is 37.3 Å². The second-order valence-electron chi connectivity index (χ2n) is 8.26. The molecule has 2 aromatic carbocycles. The van der Waals surface area contributed by atoms with Crippen molar-refractivity contribution in [2.75, 3.05) is 0 Å². The number of pyridine rings is 1. The number of benzene rings is 2. The fourth-order valence-electron chi connectivity index (χ4n) is 3.79. The lowest BCUT2D eigenvalue weighted by Crippen LogP contribution is -2.22. The van der Waals surface area contributed by atoms with Crippen molar-refractivity contribution in [3.05, 3.63) is 112 Å². The Morgan fingerprint density at radius 2 is 1.97 bits per heavy atom. The molecule has 0 bridgehead atoms. The average Bonchev–Trinajstić information content (AvgIpc) is 3.45. The van der Waals surface area contributed by atoms with Gasteiger partial charge in [0.05, 0.1) is 30.3 Å². The first kappa shape index (κ1) is 24.1. The second-order valence-corrected chi connectivity index (χ2v) is 9.61. The van der Waals surface area contributed by atoms with E-state index >= 15 is 0 Å². The quantitative estimate of drug-likeness (QED) is 0.240. The SMILES string of the molecule is Cc1ccc(CNC(=O)c2ccc(Cn3c(SCc4ccc(F)cc4Cl)nc4ccncc43)cc2)o1. The van der Waals surface area contributed by atoms with Crippen LogP contribution in [0.2, 0.25) is 5.02 Å². The standard InChI is InChI=1S/C27H22ClFN4O2S/c1-17-2-9-22(35-17)13-31-26(34)19-5-3-18(4-6-19)15-33-25-14-30-11-10-24(25)32-27(33)36-16-20-7-8-21(29)12-23(20)28/h2-12,14H,13,15-16H2,1H3,(H,31,34). The third kappa shape index (κ3) is 5.45. The molecule has 182 valence electrons. The van der Waals surface area contributed by atoms with Crippen LogP contribution in [-0.4, -0.2) is 20.4 Å². The third-order valence-corrected chi connectivity index (χ3v) is 7.04. The molecule has 5 aromatic rings. The Kier molecular flexibility index (Phi) is 7.06. The van der Waals surface area contributed by atoms with Crippen LogP contribution in [0.1, 0.15) is 33.0 Å². The zero-order chi connectivity index (χ0) is 25.1. The number of fused-ring (bicyclic) bond motifs is 1. The molecule has 1 amide bonds. The molecule has 0 radical (unpaired) electrons. The summed E-state index contributed by atoms with van der Waals surface area (Å²) in [6, 6.07) is 17.5. The molecule has 0 atom stereocenters. The highest BCUT2D eigenvalue weighted by molar-refractivity contribution is 7.98. The second kappa shape index (κ2) is 10.6. The van der Waals surface area contributed by atoms with Gasteiger partial charge < -0.3 is 14.3 Å². The van der Waals surface area contributed by atoms with Gasteiger partial charge in [0.25, 0.3) is 5.91 Å². The van der Waals surface area contributed by atoms with Crippen molar-refractivity contribution < 1.29 is 13.6 Å². The monoisotopic (exact) mass is 520 g/mol. The van der Waals surface area contributed by atoms with Gasteiger partial charge in [0.2, 0.25) is 0 Å². The molecule has 9 heteroatoms. The fourth-order valence-corrected chi connectivity index (χ4v) is 5.12. The van der Waals surface area contributed by atoms with Crippen LogP contribution < -0.4 is 5.32 Å². The predicted molar refractivity (Wildman–Crippen MR) is 139 cm³/mol. The third-order valence-electron chi connectivity index (χ3n) is 5.66. The molecule has 5 rings (SSSR count). The van der Waals surface area contributed by atoms with Gasteiger partial charge in [-0.25, -0.2) is 9.37 Å². The minimum absolute atomic E-state index is 0.166. The number of rotatable bonds is 8. The van der Waals surface area contributed by atoms with Gasteiger partial charge in [-0.1, -0.05) is 41.6 Å². The summed E-state index contributed by atoms with van der Waals surface area (Å²) < 4.78 is 21.0. The Labute approximate surface area is 216 Å². The van der Waals surface area contributed by atoms with Gasteiger partial charge in [0, 0.05) is 22.5 Å². The molecule has 0 spiro atoms. The number of thioether (sulfide) groups is 1. The first-order valence-corrected chi connectivity index (χ1v) is 12.6. The summed E-state index contributed by atoms with van der Waals surface area (Å²) in [5, 5.41) is 4.06. The lowest BCUT2D eigenvalue weighted by atomic mass is 10.1. The van der Waals surface area contributed by atoms with E-state index in [4.69, 9.17) is 21.0 Å². The molecule has 3 aromatic heterocycles. The first-order valence-electron chi connectivity index (χ1n) is 11.3. The minimum atomic E-state index is -0.361. The van der Waals surface area contributed by atoms with Gasteiger partial charge in [-0.2, -0.15) is 0 Å². The zero-order valence-electron chi connectivity index (χ0n) is 19.4. The maximum atomic E-state index is 13.4. The zero-order valence-corrected chi connectivity index (χ0v) is 20.9. The molecule has 0 aliphatic carbocycles. The van der Waals surface area contributed by atoms with Crippen LogP contribution in [0.25, 0.3) is 11.0 Å². The molecule has 36 heavy (non-hydrogen) atoms. The molecule has 6 nitrogen and oxygen atoms in total. The first-order chi connectivity index (χ1) is 17.5. The molecule has 0 saturated heterocycles. The van der Waals surface area contributed by atoms with Crippen molar-refractivity contribution >= 4 is 40.3 Å². The van der Waals surface area contributed by atoms with E-state index in [9.17, 15) is 9.18 Å². The Bertz CT molecular complexity index is 1530. The highest BCUT2D eigenvalue weighted by Gasteiger charge is 2.14. The van der Waals surface area contributed by atoms with Gasteiger partial charge >= 0.3 is 0 Å². The molecule has 0 fully saturated rings. The molecule has 0 aliphatic rings. The molecule has 1 N–H and O–H groups in total. The summed E-state index contributed by atoms with van der Waals surface area (Å²) in [4.78, 5) is 21.6. The lowest BCUT2D eigenvalue weighted by molar-refractivity contribution is 0.0948. The highest BCUT2D eigenvalue weighted by Crippen LogP contribution is 2.30. The maximum absolute atomic E-state index is 13.4. The topological polar surface area (TPSA) is 73.0 Å². The number of furan rings is 1. The van der Waals surface area contributed by atoms with E-state index in [-0.39, 0.29) is 11.7 Å². The minimum Gasteiger partial charge on any atom is -0.465 e. The number of imidazole rings is 1. The number of halogens is 2. The molecule has 0 unspecified atom stereocenters. The van der Waals surface area contributed by atoms with Crippen molar-refractivity contribution in [3.8, 4) is 0 Å².